The summed E-state index contributed by atoms with van der Waals surface area (Å²) in [7, 11) is 0. The van der Waals surface area contributed by atoms with Crippen LogP contribution in [-0.2, 0) is 6.18 Å². The van der Waals surface area contributed by atoms with Crippen LogP contribution >= 0.6 is 35.0 Å². The Balaban J connectivity index is 1.90. The van der Waals surface area contributed by atoms with Crippen molar-refractivity contribution in [3.8, 4) is 11.5 Å². The Bertz CT molecular complexity index is 912. The predicted molar refractivity (Wildman–Crippen MR) is 85.6 cm³/mol. The maximum atomic E-state index is 12.9. The van der Waals surface area contributed by atoms with Gasteiger partial charge in [0.15, 0.2) is 5.16 Å². The number of benzene rings is 1. The normalized spacial score (nSPS) is 11.8. The zero-order valence-corrected chi connectivity index (χ0v) is 14.6. The second-order valence-electron chi connectivity index (χ2n) is 4.86. The molecule has 0 radical (unpaired) electrons. The van der Waals surface area contributed by atoms with Crippen LogP contribution in [0, 0.1) is 6.92 Å². The number of aromatic nitrogens is 4. The molecule has 0 fully saturated rings. The highest BCUT2D eigenvalue weighted by molar-refractivity contribution is 7.98. The van der Waals surface area contributed by atoms with E-state index in [0.717, 1.165) is 23.9 Å². The lowest BCUT2D eigenvalue weighted by molar-refractivity contribution is -0.137. The molecule has 3 aromatic rings. The molecule has 0 saturated heterocycles. The van der Waals surface area contributed by atoms with Gasteiger partial charge in [0, 0.05) is 23.4 Å². The van der Waals surface area contributed by atoms with Crippen LogP contribution < -0.4 is 0 Å². The summed E-state index contributed by atoms with van der Waals surface area (Å²) in [6.07, 6.45) is -4.47. The van der Waals surface area contributed by atoms with Gasteiger partial charge >= 0.3 is 6.18 Å². The van der Waals surface area contributed by atoms with E-state index in [1.807, 2.05) is 0 Å². The molecule has 11 heteroatoms. The Kier molecular flexibility index (Phi) is 4.90. The molecule has 130 valence electrons. The summed E-state index contributed by atoms with van der Waals surface area (Å²) in [6, 6.07) is 4.86. The molecule has 0 aliphatic heterocycles. The van der Waals surface area contributed by atoms with E-state index in [0.29, 0.717) is 5.56 Å². The zero-order valence-electron chi connectivity index (χ0n) is 12.3. The van der Waals surface area contributed by atoms with E-state index in [-0.39, 0.29) is 32.1 Å². The molecular formula is C14H7Cl2F3N4OS. The summed E-state index contributed by atoms with van der Waals surface area (Å²) >= 11 is 12.4. The minimum Gasteiger partial charge on any atom is -0.411 e. The molecule has 0 atom stereocenters. The molecule has 0 spiro atoms. The van der Waals surface area contributed by atoms with Crippen LogP contribution in [0.15, 0.2) is 39.1 Å². The van der Waals surface area contributed by atoms with Crippen molar-refractivity contribution in [2.24, 2.45) is 0 Å². The van der Waals surface area contributed by atoms with Gasteiger partial charge in [0.25, 0.3) is 5.22 Å². The number of halogens is 5. The third-order valence-corrected chi connectivity index (χ3v) is 3.97. The number of rotatable bonds is 3. The van der Waals surface area contributed by atoms with E-state index in [1.165, 1.54) is 12.1 Å². The third kappa shape index (κ3) is 4.42. The maximum absolute atomic E-state index is 12.9. The second-order valence-corrected chi connectivity index (χ2v) is 6.55. The summed E-state index contributed by atoms with van der Waals surface area (Å²) in [5.74, 6) is -0.0511. The van der Waals surface area contributed by atoms with Crippen LogP contribution in [0.25, 0.3) is 11.5 Å². The molecular weight excluding hydrogens is 400 g/mol. The van der Waals surface area contributed by atoms with Gasteiger partial charge in [-0.05, 0) is 30.7 Å². The number of hydrogen-bond donors (Lipinski definition) is 0. The van der Waals surface area contributed by atoms with Gasteiger partial charge in [-0.1, -0.05) is 23.2 Å². The third-order valence-electron chi connectivity index (χ3n) is 2.88. The average Bonchev–Trinajstić information content (AvgIpc) is 2.93. The molecule has 2 heterocycles. The molecule has 0 amide bonds. The van der Waals surface area contributed by atoms with Crippen LogP contribution in [0.1, 0.15) is 11.1 Å². The molecule has 0 aliphatic rings. The van der Waals surface area contributed by atoms with Gasteiger partial charge in [0.2, 0.25) is 5.89 Å². The number of alkyl halides is 3. The Morgan fingerprint density at radius 3 is 2.32 bits per heavy atom. The fourth-order valence-electron chi connectivity index (χ4n) is 1.93. The van der Waals surface area contributed by atoms with Gasteiger partial charge in [-0.25, -0.2) is 9.97 Å². The zero-order chi connectivity index (χ0) is 18.2. The van der Waals surface area contributed by atoms with E-state index in [4.69, 9.17) is 27.6 Å². The number of nitrogens with zero attached hydrogens (tertiary/aromatic N) is 4. The fourth-order valence-corrected chi connectivity index (χ4v) is 3.10. The van der Waals surface area contributed by atoms with Crippen LogP contribution in [0.5, 0.6) is 0 Å². The molecule has 0 bridgehead atoms. The van der Waals surface area contributed by atoms with E-state index in [1.54, 1.807) is 6.92 Å². The van der Waals surface area contributed by atoms with Crippen LogP contribution in [0.3, 0.4) is 0 Å². The largest absolute Gasteiger partial charge is 0.416 e. The quantitative estimate of drug-likeness (QED) is 0.433. The standard InChI is InChI=1S/C14H7Cl2F3N4OS/c1-6-2-7(4-8(3-6)14(17,18)19)11-22-23-13(24-11)25-12-20-9(15)5-10(16)21-12/h2-5H,1H3. The van der Waals surface area contributed by atoms with E-state index < -0.39 is 11.7 Å². The molecule has 0 unspecified atom stereocenters. The fraction of sp³-hybridized carbons (Fsp3) is 0.143. The van der Waals surface area contributed by atoms with Crippen LogP contribution in [-0.4, -0.2) is 20.2 Å². The molecule has 0 N–H and O–H groups in total. The summed E-state index contributed by atoms with van der Waals surface area (Å²) in [5, 5.41) is 8.02. The molecule has 0 aliphatic carbocycles. The van der Waals surface area contributed by atoms with Gasteiger partial charge in [-0.2, -0.15) is 13.2 Å². The van der Waals surface area contributed by atoms with Gasteiger partial charge in [0.1, 0.15) is 10.3 Å². The Labute approximate surface area is 153 Å². The van der Waals surface area contributed by atoms with E-state index >= 15 is 0 Å². The minimum absolute atomic E-state index is 0.0448. The average molecular weight is 407 g/mol. The lowest BCUT2D eigenvalue weighted by Crippen LogP contribution is -2.05. The molecule has 3 rings (SSSR count). The van der Waals surface area contributed by atoms with Gasteiger partial charge in [-0.3, -0.25) is 0 Å². The monoisotopic (exact) mass is 406 g/mol. The number of aryl methyl sites for hydroxylation is 1. The first-order valence-electron chi connectivity index (χ1n) is 6.61. The summed E-state index contributed by atoms with van der Waals surface area (Å²) < 4.78 is 44.1. The van der Waals surface area contributed by atoms with Crippen molar-refractivity contribution >= 4 is 35.0 Å². The van der Waals surface area contributed by atoms with E-state index in [9.17, 15) is 13.2 Å². The van der Waals surface area contributed by atoms with Crippen LogP contribution in [0.4, 0.5) is 13.2 Å². The van der Waals surface area contributed by atoms with Gasteiger partial charge in [-0.15, -0.1) is 10.2 Å². The molecule has 2 aromatic heterocycles. The Hall–Kier alpha value is -1.84. The highest BCUT2D eigenvalue weighted by Gasteiger charge is 2.31. The van der Waals surface area contributed by atoms with Crippen molar-refractivity contribution in [1.29, 1.82) is 0 Å². The van der Waals surface area contributed by atoms with Crippen molar-refractivity contribution in [3.63, 3.8) is 0 Å². The molecule has 5 nitrogen and oxygen atoms in total. The lowest BCUT2D eigenvalue weighted by Gasteiger charge is -2.08. The van der Waals surface area contributed by atoms with Crippen molar-refractivity contribution < 1.29 is 17.6 Å². The van der Waals surface area contributed by atoms with Crippen molar-refractivity contribution in [2.75, 3.05) is 0 Å². The molecule has 1 aromatic carbocycles. The second kappa shape index (κ2) is 6.81. The topological polar surface area (TPSA) is 64.7 Å². The predicted octanol–water partition coefficient (Wildman–Crippen LogP) is 5.31. The first-order chi connectivity index (χ1) is 11.7. The molecule has 0 saturated carbocycles. The van der Waals surface area contributed by atoms with Crippen molar-refractivity contribution in [2.45, 2.75) is 23.5 Å². The number of hydrogen-bond acceptors (Lipinski definition) is 6. The van der Waals surface area contributed by atoms with Crippen molar-refractivity contribution in [3.05, 3.63) is 45.7 Å². The highest BCUT2D eigenvalue weighted by atomic mass is 35.5. The first-order valence-corrected chi connectivity index (χ1v) is 8.18. The van der Waals surface area contributed by atoms with E-state index in [2.05, 4.69) is 20.2 Å². The maximum Gasteiger partial charge on any atom is 0.416 e. The summed E-state index contributed by atoms with van der Waals surface area (Å²) in [4.78, 5) is 7.86. The summed E-state index contributed by atoms with van der Waals surface area (Å²) in [6.45, 7) is 1.55. The Morgan fingerprint density at radius 1 is 1.00 bits per heavy atom. The summed E-state index contributed by atoms with van der Waals surface area (Å²) in [5.41, 5.74) is -0.209. The minimum atomic E-state index is -4.47. The first kappa shape index (κ1) is 18.0. The highest BCUT2D eigenvalue weighted by Crippen LogP contribution is 2.34. The lowest BCUT2D eigenvalue weighted by atomic mass is 10.1. The van der Waals surface area contributed by atoms with Crippen molar-refractivity contribution in [1.82, 2.24) is 20.2 Å². The van der Waals surface area contributed by atoms with Crippen LogP contribution in [0.2, 0.25) is 10.3 Å². The Morgan fingerprint density at radius 2 is 1.68 bits per heavy atom. The van der Waals surface area contributed by atoms with Gasteiger partial charge < -0.3 is 4.42 Å². The smallest absolute Gasteiger partial charge is 0.411 e. The SMILES string of the molecule is Cc1cc(-c2nnc(Sc3nc(Cl)cc(Cl)n3)o2)cc(C(F)(F)F)c1. The molecule has 25 heavy (non-hydrogen) atoms. The van der Waals surface area contributed by atoms with Gasteiger partial charge in [0.05, 0.1) is 5.56 Å².